The van der Waals surface area contributed by atoms with Crippen LogP contribution in [0.25, 0.3) is 33.5 Å². The number of anilines is 3. The summed E-state index contributed by atoms with van der Waals surface area (Å²) >= 11 is 0. The van der Waals surface area contributed by atoms with Crippen molar-refractivity contribution in [3.8, 4) is 45.0 Å². The Hall–Kier alpha value is -4.95. The monoisotopic (exact) mass is 577 g/mol. The minimum Gasteiger partial charge on any atom is -0.495 e. The summed E-state index contributed by atoms with van der Waals surface area (Å²) in [5.74, 6) is 1.54. The number of nitrogens with two attached hydrogens (primary N) is 1. The van der Waals surface area contributed by atoms with Crippen molar-refractivity contribution in [2.75, 3.05) is 44.4 Å². The largest absolute Gasteiger partial charge is 0.495 e. The Balaban J connectivity index is 1.57. The minimum atomic E-state index is -0.355. The van der Waals surface area contributed by atoms with Crippen LogP contribution in [-0.4, -0.2) is 48.2 Å². The van der Waals surface area contributed by atoms with Crippen molar-refractivity contribution in [1.82, 2.24) is 14.9 Å². The van der Waals surface area contributed by atoms with Crippen LogP contribution in [0.1, 0.15) is 13.8 Å². The van der Waals surface area contributed by atoms with Gasteiger partial charge in [0.2, 0.25) is 5.95 Å². The SMILES string of the molecule is CCN(CC)CCOc1ccc(-c2nc(N)nc(Nc3ccccc3OC)c2-c2ccc(-c3ccccc3)c(F)c2)cc1. The summed E-state index contributed by atoms with van der Waals surface area (Å²) in [7, 11) is 1.60. The van der Waals surface area contributed by atoms with E-state index in [1.807, 2.05) is 84.9 Å². The summed E-state index contributed by atoms with van der Waals surface area (Å²) in [5, 5.41) is 3.36. The third-order valence-corrected chi connectivity index (χ3v) is 7.33. The van der Waals surface area contributed by atoms with Gasteiger partial charge in [0.05, 0.1) is 24.1 Å². The zero-order valence-corrected chi connectivity index (χ0v) is 24.7. The number of ether oxygens (including phenoxy) is 2. The lowest BCUT2D eigenvalue weighted by Gasteiger charge is -2.19. The van der Waals surface area contributed by atoms with Gasteiger partial charge in [0, 0.05) is 17.7 Å². The van der Waals surface area contributed by atoms with Crippen molar-refractivity contribution in [1.29, 1.82) is 0 Å². The number of aromatic nitrogens is 2. The smallest absolute Gasteiger partial charge is 0.222 e. The molecule has 0 aliphatic carbocycles. The molecule has 0 unspecified atom stereocenters. The van der Waals surface area contributed by atoms with Gasteiger partial charge in [-0.3, -0.25) is 0 Å². The molecule has 220 valence electrons. The molecule has 0 saturated heterocycles. The molecule has 8 heteroatoms. The number of halogens is 1. The quantitative estimate of drug-likeness (QED) is 0.157. The maximum Gasteiger partial charge on any atom is 0.222 e. The number of nitrogen functional groups attached to an aromatic ring is 1. The molecule has 5 rings (SSSR count). The van der Waals surface area contributed by atoms with Crippen LogP contribution < -0.4 is 20.5 Å². The fraction of sp³-hybridized carbons (Fsp3) is 0.200. The fourth-order valence-corrected chi connectivity index (χ4v) is 4.99. The van der Waals surface area contributed by atoms with Gasteiger partial charge < -0.3 is 25.4 Å². The molecule has 7 nitrogen and oxygen atoms in total. The highest BCUT2D eigenvalue weighted by Crippen LogP contribution is 2.40. The number of nitrogens with one attached hydrogen (secondary N) is 1. The van der Waals surface area contributed by atoms with Crippen LogP contribution in [0.15, 0.2) is 97.1 Å². The van der Waals surface area contributed by atoms with E-state index in [1.54, 1.807) is 13.2 Å². The van der Waals surface area contributed by atoms with Gasteiger partial charge in [-0.05, 0) is 66.7 Å². The van der Waals surface area contributed by atoms with Gasteiger partial charge in [0.15, 0.2) is 0 Å². The second-order valence-corrected chi connectivity index (χ2v) is 9.94. The second-order valence-electron chi connectivity index (χ2n) is 9.94. The summed E-state index contributed by atoms with van der Waals surface area (Å²) in [5.41, 5.74) is 10.8. The van der Waals surface area contributed by atoms with E-state index in [9.17, 15) is 0 Å². The van der Waals surface area contributed by atoms with E-state index in [0.29, 0.717) is 46.2 Å². The van der Waals surface area contributed by atoms with Crippen molar-refractivity contribution in [3.63, 3.8) is 0 Å². The summed E-state index contributed by atoms with van der Waals surface area (Å²) < 4.78 is 27.2. The van der Waals surface area contributed by atoms with Gasteiger partial charge in [-0.1, -0.05) is 68.4 Å². The standard InChI is InChI=1S/C35H36FN5O2/c1-4-41(5-2)21-22-43-27-18-15-25(16-19-27)33-32(26-17-20-28(29(36)23-26)24-11-7-6-8-12-24)34(40-35(37)39-33)38-30-13-9-10-14-31(30)42-3/h6-20,23H,4-5,21-22H2,1-3H3,(H3,37,38,39,40). The molecule has 43 heavy (non-hydrogen) atoms. The predicted molar refractivity (Wildman–Crippen MR) is 172 cm³/mol. The molecule has 0 saturated carbocycles. The molecule has 4 aromatic carbocycles. The van der Waals surface area contributed by atoms with Crippen LogP contribution in [0.3, 0.4) is 0 Å². The van der Waals surface area contributed by atoms with E-state index in [4.69, 9.17) is 15.2 Å². The van der Waals surface area contributed by atoms with Gasteiger partial charge in [-0.2, -0.15) is 4.98 Å². The molecule has 0 atom stereocenters. The van der Waals surface area contributed by atoms with Crippen molar-refractivity contribution in [2.45, 2.75) is 13.8 Å². The Kier molecular flexibility index (Phi) is 9.49. The van der Waals surface area contributed by atoms with Gasteiger partial charge in [0.25, 0.3) is 0 Å². The number of para-hydroxylation sites is 2. The summed E-state index contributed by atoms with van der Waals surface area (Å²) in [6, 6.07) is 29.8. The third kappa shape index (κ3) is 6.93. The van der Waals surface area contributed by atoms with E-state index < -0.39 is 0 Å². The maximum atomic E-state index is 15.7. The number of likely N-dealkylation sites (N-methyl/N-ethyl adjacent to an activating group) is 1. The van der Waals surface area contributed by atoms with Crippen molar-refractivity contribution >= 4 is 17.5 Å². The van der Waals surface area contributed by atoms with Crippen LogP contribution in [0.4, 0.5) is 21.8 Å². The Morgan fingerprint density at radius 2 is 1.51 bits per heavy atom. The Morgan fingerprint density at radius 1 is 0.814 bits per heavy atom. The van der Waals surface area contributed by atoms with Gasteiger partial charge >= 0.3 is 0 Å². The number of nitrogens with zero attached hydrogens (tertiary/aromatic N) is 3. The topological polar surface area (TPSA) is 85.5 Å². The first-order valence-corrected chi connectivity index (χ1v) is 14.4. The second kappa shape index (κ2) is 13.8. The lowest BCUT2D eigenvalue weighted by Crippen LogP contribution is -2.27. The molecule has 0 amide bonds. The average Bonchev–Trinajstić information content (AvgIpc) is 3.04. The van der Waals surface area contributed by atoms with Crippen LogP contribution in [-0.2, 0) is 0 Å². The molecular weight excluding hydrogens is 541 g/mol. The van der Waals surface area contributed by atoms with E-state index >= 15 is 4.39 Å². The number of hydrogen-bond donors (Lipinski definition) is 2. The number of hydrogen-bond acceptors (Lipinski definition) is 7. The highest BCUT2D eigenvalue weighted by atomic mass is 19.1. The first-order chi connectivity index (χ1) is 21.0. The van der Waals surface area contributed by atoms with Crippen LogP contribution in [0.2, 0.25) is 0 Å². The molecule has 0 aliphatic heterocycles. The maximum absolute atomic E-state index is 15.7. The molecule has 0 radical (unpaired) electrons. The van der Waals surface area contributed by atoms with Crippen molar-refractivity contribution < 1.29 is 13.9 Å². The summed E-state index contributed by atoms with van der Waals surface area (Å²) in [4.78, 5) is 11.5. The first-order valence-electron chi connectivity index (χ1n) is 14.4. The molecule has 0 bridgehead atoms. The minimum absolute atomic E-state index is 0.0806. The zero-order valence-electron chi connectivity index (χ0n) is 24.7. The van der Waals surface area contributed by atoms with Crippen LogP contribution >= 0.6 is 0 Å². The van der Waals surface area contributed by atoms with Gasteiger partial charge in [0.1, 0.15) is 29.7 Å². The highest BCUT2D eigenvalue weighted by molar-refractivity contribution is 5.91. The number of rotatable bonds is 12. The molecule has 0 aliphatic rings. The molecule has 1 aromatic heterocycles. The van der Waals surface area contributed by atoms with E-state index in [0.717, 1.165) is 36.5 Å². The molecule has 1 heterocycles. The van der Waals surface area contributed by atoms with E-state index in [-0.39, 0.29) is 11.8 Å². The highest BCUT2D eigenvalue weighted by Gasteiger charge is 2.20. The third-order valence-electron chi connectivity index (χ3n) is 7.33. The molecular formula is C35H36FN5O2. The Labute approximate surface area is 252 Å². The van der Waals surface area contributed by atoms with Crippen molar-refractivity contribution in [3.05, 3.63) is 103 Å². The summed E-state index contributed by atoms with van der Waals surface area (Å²) in [6.45, 7) is 7.68. The number of methoxy groups -OCH3 is 1. The van der Waals surface area contributed by atoms with Crippen molar-refractivity contribution in [2.24, 2.45) is 0 Å². The first kappa shape index (κ1) is 29.5. The lowest BCUT2D eigenvalue weighted by molar-refractivity contribution is 0.223. The fourth-order valence-electron chi connectivity index (χ4n) is 4.99. The Bertz CT molecular complexity index is 1660. The summed E-state index contributed by atoms with van der Waals surface area (Å²) in [6.07, 6.45) is 0. The molecule has 0 fully saturated rings. The van der Waals surface area contributed by atoms with E-state index in [1.165, 1.54) is 6.07 Å². The lowest BCUT2D eigenvalue weighted by atomic mass is 9.96. The molecule has 0 spiro atoms. The normalized spacial score (nSPS) is 11.0. The van der Waals surface area contributed by atoms with Crippen LogP contribution in [0, 0.1) is 5.82 Å². The number of benzene rings is 4. The average molecular weight is 578 g/mol. The predicted octanol–water partition coefficient (Wildman–Crippen LogP) is 7.67. The molecule has 5 aromatic rings. The van der Waals surface area contributed by atoms with Gasteiger partial charge in [-0.25, -0.2) is 9.37 Å². The molecule has 3 N–H and O–H groups in total. The van der Waals surface area contributed by atoms with E-state index in [2.05, 4.69) is 34.0 Å². The Morgan fingerprint density at radius 3 is 2.21 bits per heavy atom. The zero-order chi connectivity index (χ0) is 30.2. The van der Waals surface area contributed by atoms with Crippen LogP contribution in [0.5, 0.6) is 11.5 Å². The van der Waals surface area contributed by atoms with Gasteiger partial charge in [-0.15, -0.1) is 0 Å².